The van der Waals surface area contributed by atoms with E-state index in [-0.39, 0.29) is 0 Å². The molecule has 1 aliphatic heterocycles. The fraction of sp³-hybridized carbons (Fsp3) is 0.463. The number of nitrogens with zero attached hydrogens (tertiary/aromatic N) is 2. The molecule has 0 bridgehead atoms. The minimum Gasteiger partial charge on any atom is -0.389 e. The quantitative estimate of drug-likeness (QED) is 0.208. The molecule has 0 radical (unpaired) electrons. The zero-order valence-corrected chi connectivity index (χ0v) is 30.1. The van der Waals surface area contributed by atoms with Gasteiger partial charge in [0.05, 0.1) is 6.54 Å². The van der Waals surface area contributed by atoms with E-state index in [4.69, 9.17) is 0 Å². The van der Waals surface area contributed by atoms with Gasteiger partial charge in [0.1, 0.15) is 0 Å². The summed E-state index contributed by atoms with van der Waals surface area (Å²) in [6, 6.07) is 18.1. The second-order valence-electron chi connectivity index (χ2n) is 11.7. The highest BCUT2D eigenvalue weighted by atomic mass is 15.3. The summed E-state index contributed by atoms with van der Waals surface area (Å²) in [5.41, 5.74) is 9.03. The van der Waals surface area contributed by atoms with Crippen LogP contribution in [0.2, 0.25) is 0 Å². The first-order valence-electron chi connectivity index (χ1n) is 16.8. The van der Waals surface area contributed by atoms with Gasteiger partial charge in [-0.25, -0.2) is 0 Å². The van der Waals surface area contributed by atoms with E-state index in [0.717, 1.165) is 76.9 Å². The molecule has 0 amide bonds. The van der Waals surface area contributed by atoms with Crippen LogP contribution in [0, 0.1) is 13.8 Å². The van der Waals surface area contributed by atoms with Crippen molar-refractivity contribution in [2.45, 2.75) is 86.1 Å². The molecule has 1 aliphatic rings. The molecule has 0 aromatic heterocycles. The molecule has 3 rings (SSSR count). The Morgan fingerprint density at radius 1 is 0.911 bits per heavy atom. The third-order valence-electron chi connectivity index (χ3n) is 7.48. The van der Waals surface area contributed by atoms with Crippen molar-refractivity contribution in [1.29, 1.82) is 0 Å². The lowest BCUT2D eigenvalue weighted by molar-refractivity contribution is 0.151. The van der Waals surface area contributed by atoms with E-state index in [1.807, 2.05) is 20.0 Å². The predicted octanol–water partition coefficient (Wildman–Crippen LogP) is 9.40. The van der Waals surface area contributed by atoms with Gasteiger partial charge in [-0.2, -0.15) is 0 Å². The normalized spacial score (nSPS) is 13.6. The van der Waals surface area contributed by atoms with Crippen LogP contribution in [0.25, 0.3) is 0 Å². The van der Waals surface area contributed by atoms with Crippen LogP contribution in [0.5, 0.6) is 0 Å². The van der Waals surface area contributed by atoms with Gasteiger partial charge in [0, 0.05) is 42.8 Å². The van der Waals surface area contributed by atoms with Crippen molar-refractivity contribution in [2.24, 2.45) is 0 Å². The van der Waals surface area contributed by atoms with Gasteiger partial charge in [0.25, 0.3) is 0 Å². The molecule has 1 saturated heterocycles. The second kappa shape index (κ2) is 25.8. The minimum atomic E-state index is 0.515. The summed E-state index contributed by atoms with van der Waals surface area (Å²) < 4.78 is 0. The van der Waals surface area contributed by atoms with E-state index >= 15 is 0 Å². The number of aryl methyl sites for hydroxylation is 2. The Bertz CT molecular complexity index is 1100. The summed E-state index contributed by atoms with van der Waals surface area (Å²) in [5.74, 6) is 0. The number of allylic oxidation sites excluding steroid dienone is 4. The van der Waals surface area contributed by atoms with Crippen molar-refractivity contribution in [3.8, 4) is 0 Å². The molecule has 2 aromatic rings. The summed E-state index contributed by atoms with van der Waals surface area (Å²) in [5, 5.41) is 6.36. The number of benzene rings is 2. The van der Waals surface area contributed by atoms with Crippen molar-refractivity contribution < 1.29 is 0 Å². The molecule has 4 nitrogen and oxygen atoms in total. The van der Waals surface area contributed by atoms with Crippen LogP contribution in [0.4, 0.5) is 0 Å². The van der Waals surface area contributed by atoms with Crippen LogP contribution in [-0.4, -0.2) is 55.6 Å². The largest absolute Gasteiger partial charge is 0.389 e. The summed E-state index contributed by atoms with van der Waals surface area (Å²) in [7, 11) is 1.98. The molecule has 0 spiro atoms. The Morgan fingerprint density at radius 2 is 1.44 bits per heavy atom. The zero-order valence-electron chi connectivity index (χ0n) is 30.1. The molecule has 2 N–H and O–H groups in total. The maximum absolute atomic E-state index is 4.27. The van der Waals surface area contributed by atoms with Crippen LogP contribution >= 0.6 is 0 Å². The average Bonchev–Trinajstić information content (AvgIpc) is 3.04. The number of likely N-dealkylation sites (N-methyl/N-ethyl adjacent to an activating group) is 1. The summed E-state index contributed by atoms with van der Waals surface area (Å²) in [6.07, 6.45) is 10.1. The summed E-state index contributed by atoms with van der Waals surface area (Å²) in [4.78, 5) is 4.83. The van der Waals surface area contributed by atoms with Crippen LogP contribution < -0.4 is 10.6 Å². The monoisotopic (exact) mass is 615 g/mol. The average molecular weight is 615 g/mol. The second-order valence-corrected chi connectivity index (χ2v) is 11.7. The predicted molar refractivity (Wildman–Crippen MR) is 203 cm³/mol. The Kier molecular flexibility index (Phi) is 23.8. The Labute approximate surface area is 278 Å². The fourth-order valence-electron chi connectivity index (χ4n) is 4.58. The van der Waals surface area contributed by atoms with Crippen LogP contribution in [0.15, 0.2) is 111 Å². The fourth-order valence-corrected chi connectivity index (χ4v) is 4.58. The zero-order chi connectivity index (χ0) is 34.0. The number of hydrogen-bond acceptors (Lipinski definition) is 4. The Hall–Kier alpha value is -3.50. The molecule has 4 heteroatoms. The molecule has 1 unspecified atom stereocenters. The van der Waals surface area contributed by atoms with Gasteiger partial charge in [0.15, 0.2) is 0 Å². The lowest BCUT2D eigenvalue weighted by atomic mass is 10.1. The molecule has 1 heterocycles. The highest BCUT2D eigenvalue weighted by Gasteiger charge is 2.25. The summed E-state index contributed by atoms with van der Waals surface area (Å²) in [6.45, 7) is 37.2. The van der Waals surface area contributed by atoms with Gasteiger partial charge in [-0.05, 0) is 90.9 Å². The lowest BCUT2D eigenvalue weighted by Crippen LogP contribution is -2.49. The van der Waals surface area contributed by atoms with Crippen molar-refractivity contribution in [2.75, 3.05) is 39.8 Å². The van der Waals surface area contributed by atoms with E-state index in [9.17, 15) is 0 Å². The first-order valence-corrected chi connectivity index (χ1v) is 16.8. The molecule has 250 valence electrons. The maximum atomic E-state index is 4.27. The number of hydrogen-bond donors (Lipinski definition) is 2. The highest BCUT2D eigenvalue weighted by molar-refractivity contribution is 5.22. The smallest absolute Gasteiger partial charge is 0.0573 e. The van der Waals surface area contributed by atoms with E-state index in [0.29, 0.717) is 6.04 Å². The maximum Gasteiger partial charge on any atom is 0.0573 e. The molecule has 2 aromatic carbocycles. The third-order valence-corrected chi connectivity index (χ3v) is 7.48. The SMILES string of the molecule is C=C1CN(C(=C)CC)C(C)CN1CCc1ccc(C)cc1.C=CC.C=CCCC(=C)NCCC.CNCCc1ccc(C)cc1. The lowest BCUT2D eigenvalue weighted by Gasteiger charge is -2.44. The van der Waals surface area contributed by atoms with Crippen molar-refractivity contribution in [3.63, 3.8) is 0 Å². The molecular formula is C41H66N4. The van der Waals surface area contributed by atoms with Gasteiger partial charge in [-0.3, -0.25) is 0 Å². The highest BCUT2D eigenvalue weighted by Crippen LogP contribution is 2.22. The standard InChI is InChI=1S/C19H28N2.C10H15N.C9H17N.C3H6/c1-6-16(3)21-14-17(4)20(13-18(21)5)12-11-19-9-7-15(2)8-10-19;1-9-3-5-10(6-4-9)7-8-11-2;1-4-6-7-9(3)10-8-5-2;1-3-2/h7-10,18H,3-4,6,11-14H2,1-2,5H3;3-6,11H,7-8H2,1-2H3;4,10H,1,3,5-8H2,2H3;3H,1H2,2H3. The molecule has 0 aliphatic carbocycles. The minimum absolute atomic E-state index is 0.515. The third kappa shape index (κ3) is 19.5. The first-order chi connectivity index (χ1) is 21.6. The van der Waals surface area contributed by atoms with Crippen LogP contribution in [0.3, 0.4) is 0 Å². The first kappa shape index (κ1) is 41.5. The van der Waals surface area contributed by atoms with Crippen LogP contribution in [0.1, 0.15) is 75.6 Å². The number of rotatable bonds is 14. The summed E-state index contributed by atoms with van der Waals surface area (Å²) >= 11 is 0. The number of nitrogens with one attached hydrogen (secondary N) is 2. The van der Waals surface area contributed by atoms with Gasteiger partial charge in [-0.15, -0.1) is 13.2 Å². The number of piperazine rings is 1. The topological polar surface area (TPSA) is 30.5 Å². The van der Waals surface area contributed by atoms with Crippen molar-refractivity contribution in [3.05, 3.63) is 133 Å². The van der Waals surface area contributed by atoms with Gasteiger partial charge in [-0.1, -0.05) is 105 Å². The van der Waals surface area contributed by atoms with E-state index < -0.39 is 0 Å². The molecular weight excluding hydrogens is 548 g/mol. The van der Waals surface area contributed by atoms with Gasteiger partial charge < -0.3 is 20.4 Å². The van der Waals surface area contributed by atoms with E-state index in [1.54, 1.807) is 6.08 Å². The molecule has 1 atom stereocenters. The van der Waals surface area contributed by atoms with Crippen LogP contribution in [-0.2, 0) is 12.8 Å². The Balaban J connectivity index is 0.000000680. The molecule has 1 fully saturated rings. The Morgan fingerprint density at radius 3 is 1.91 bits per heavy atom. The van der Waals surface area contributed by atoms with Crippen molar-refractivity contribution in [1.82, 2.24) is 20.4 Å². The van der Waals surface area contributed by atoms with Crippen molar-refractivity contribution >= 4 is 0 Å². The van der Waals surface area contributed by atoms with Gasteiger partial charge in [0.2, 0.25) is 0 Å². The molecule has 0 saturated carbocycles. The molecule has 45 heavy (non-hydrogen) atoms. The van der Waals surface area contributed by atoms with Gasteiger partial charge >= 0.3 is 0 Å². The van der Waals surface area contributed by atoms with E-state index in [2.05, 4.69) is 136 Å². The van der Waals surface area contributed by atoms with E-state index in [1.165, 1.54) is 33.6 Å².